The van der Waals surface area contributed by atoms with Crippen molar-refractivity contribution in [2.24, 2.45) is 5.92 Å². The average molecular weight is 344 g/mol. The van der Waals surface area contributed by atoms with Gasteiger partial charge in [-0.1, -0.05) is 17.7 Å². The standard InChI is InChI=1S/C20H28N2O3/c1-14-7-9-16(10-8-14)20(24)22-11-3-5-17(13-22)19(23)21-15(2)18-6-4-12-25-18/h7-10,15,17-18H,3-6,11-13H2,1-2H3,(H,21,23). The van der Waals surface area contributed by atoms with Crippen LogP contribution < -0.4 is 5.32 Å². The second-order valence-corrected chi connectivity index (χ2v) is 7.31. The fraction of sp³-hybridized carbons (Fsp3) is 0.600. The summed E-state index contributed by atoms with van der Waals surface area (Å²) < 4.78 is 5.65. The maximum atomic E-state index is 12.7. The van der Waals surface area contributed by atoms with E-state index in [1.54, 1.807) is 0 Å². The molecule has 1 aromatic rings. The van der Waals surface area contributed by atoms with Crippen molar-refractivity contribution in [2.75, 3.05) is 19.7 Å². The second kappa shape index (κ2) is 8.00. The number of nitrogens with one attached hydrogen (secondary N) is 1. The van der Waals surface area contributed by atoms with E-state index in [0.29, 0.717) is 12.1 Å². The van der Waals surface area contributed by atoms with E-state index in [2.05, 4.69) is 5.32 Å². The second-order valence-electron chi connectivity index (χ2n) is 7.31. The molecular weight excluding hydrogens is 316 g/mol. The maximum absolute atomic E-state index is 12.7. The number of hydrogen-bond acceptors (Lipinski definition) is 3. The number of amides is 2. The van der Waals surface area contributed by atoms with E-state index in [0.717, 1.165) is 44.4 Å². The summed E-state index contributed by atoms with van der Waals surface area (Å²) in [6.07, 6.45) is 3.89. The molecular formula is C20H28N2O3. The predicted molar refractivity (Wildman–Crippen MR) is 96.4 cm³/mol. The van der Waals surface area contributed by atoms with Gasteiger partial charge in [0.1, 0.15) is 0 Å². The molecule has 2 fully saturated rings. The van der Waals surface area contributed by atoms with Gasteiger partial charge in [0.2, 0.25) is 5.91 Å². The molecule has 3 rings (SSSR count). The maximum Gasteiger partial charge on any atom is 0.253 e. The molecule has 3 unspecified atom stereocenters. The minimum Gasteiger partial charge on any atom is -0.376 e. The first-order valence-corrected chi connectivity index (χ1v) is 9.32. The summed E-state index contributed by atoms with van der Waals surface area (Å²) in [7, 11) is 0. The van der Waals surface area contributed by atoms with Gasteiger partial charge in [0.25, 0.3) is 5.91 Å². The molecule has 2 aliphatic rings. The van der Waals surface area contributed by atoms with E-state index >= 15 is 0 Å². The van der Waals surface area contributed by atoms with Crippen molar-refractivity contribution >= 4 is 11.8 Å². The van der Waals surface area contributed by atoms with Gasteiger partial charge < -0.3 is 15.0 Å². The molecule has 2 heterocycles. The molecule has 0 bridgehead atoms. The van der Waals surface area contributed by atoms with Gasteiger partial charge in [-0.2, -0.15) is 0 Å². The molecule has 136 valence electrons. The van der Waals surface area contributed by atoms with Crippen LogP contribution in [0.3, 0.4) is 0 Å². The third-order valence-electron chi connectivity index (χ3n) is 5.27. The highest BCUT2D eigenvalue weighted by molar-refractivity contribution is 5.94. The number of ether oxygens (including phenoxy) is 1. The predicted octanol–water partition coefficient (Wildman–Crippen LogP) is 2.53. The molecule has 0 aliphatic carbocycles. The molecule has 0 saturated carbocycles. The van der Waals surface area contributed by atoms with Gasteiger partial charge in [0.15, 0.2) is 0 Å². The van der Waals surface area contributed by atoms with Crippen molar-refractivity contribution in [3.8, 4) is 0 Å². The number of nitrogens with zero attached hydrogens (tertiary/aromatic N) is 1. The van der Waals surface area contributed by atoms with E-state index in [9.17, 15) is 9.59 Å². The summed E-state index contributed by atoms with van der Waals surface area (Å²) in [6, 6.07) is 7.65. The number of benzene rings is 1. The Kier molecular flexibility index (Phi) is 5.74. The van der Waals surface area contributed by atoms with Gasteiger partial charge >= 0.3 is 0 Å². The van der Waals surface area contributed by atoms with Crippen molar-refractivity contribution in [2.45, 2.75) is 51.7 Å². The van der Waals surface area contributed by atoms with Crippen molar-refractivity contribution < 1.29 is 14.3 Å². The van der Waals surface area contributed by atoms with Gasteiger partial charge in [-0.05, 0) is 51.7 Å². The Morgan fingerprint density at radius 3 is 2.64 bits per heavy atom. The highest BCUT2D eigenvalue weighted by atomic mass is 16.5. The minimum absolute atomic E-state index is 0.0182. The van der Waals surface area contributed by atoms with E-state index in [1.807, 2.05) is 43.0 Å². The summed E-state index contributed by atoms with van der Waals surface area (Å²) in [6.45, 7) is 6.01. The van der Waals surface area contributed by atoms with Gasteiger partial charge in [0, 0.05) is 25.3 Å². The quantitative estimate of drug-likeness (QED) is 0.913. The first kappa shape index (κ1) is 17.9. The van der Waals surface area contributed by atoms with Gasteiger partial charge in [-0.25, -0.2) is 0 Å². The molecule has 2 aliphatic heterocycles. The Morgan fingerprint density at radius 2 is 1.96 bits per heavy atom. The number of piperidine rings is 1. The lowest BCUT2D eigenvalue weighted by molar-refractivity contribution is -0.127. The number of hydrogen-bond donors (Lipinski definition) is 1. The molecule has 3 atom stereocenters. The fourth-order valence-electron chi connectivity index (χ4n) is 3.69. The fourth-order valence-corrected chi connectivity index (χ4v) is 3.69. The number of rotatable bonds is 4. The topological polar surface area (TPSA) is 58.6 Å². The van der Waals surface area contributed by atoms with Crippen LogP contribution >= 0.6 is 0 Å². The highest BCUT2D eigenvalue weighted by Crippen LogP contribution is 2.21. The lowest BCUT2D eigenvalue weighted by Crippen LogP contribution is -2.49. The van der Waals surface area contributed by atoms with Gasteiger partial charge in [-0.15, -0.1) is 0 Å². The molecule has 0 radical (unpaired) electrons. The summed E-state index contributed by atoms with van der Waals surface area (Å²) in [5, 5.41) is 3.10. The Balaban J connectivity index is 1.57. The van der Waals surface area contributed by atoms with Crippen LogP contribution in [0.25, 0.3) is 0 Å². The Labute approximate surface area is 149 Å². The van der Waals surface area contributed by atoms with Crippen LogP contribution in [0, 0.1) is 12.8 Å². The lowest BCUT2D eigenvalue weighted by Gasteiger charge is -2.33. The molecule has 5 heteroatoms. The Hall–Kier alpha value is -1.88. The zero-order chi connectivity index (χ0) is 17.8. The normalized spacial score (nSPS) is 24.8. The first-order valence-electron chi connectivity index (χ1n) is 9.32. The number of carbonyl (C=O) groups excluding carboxylic acids is 2. The van der Waals surface area contributed by atoms with Crippen molar-refractivity contribution in [1.29, 1.82) is 0 Å². The summed E-state index contributed by atoms with van der Waals surface area (Å²) in [5.41, 5.74) is 1.83. The van der Waals surface area contributed by atoms with Crippen LogP contribution in [-0.4, -0.2) is 48.6 Å². The van der Waals surface area contributed by atoms with Crippen molar-refractivity contribution in [3.63, 3.8) is 0 Å². The number of aryl methyl sites for hydroxylation is 1. The van der Waals surface area contributed by atoms with Gasteiger partial charge in [0.05, 0.1) is 18.1 Å². The highest BCUT2D eigenvalue weighted by Gasteiger charge is 2.31. The Morgan fingerprint density at radius 1 is 1.20 bits per heavy atom. The zero-order valence-corrected chi connectivity index (χ0v) is 15.2. The third kappa shape index (κ3) is 4.40. The average Bonchev–Trinajstić information content (AvgIpc) is 3.16. The van der Waals surface area contributed by atoms with Crippen LogP contribution in [-0.2, 0) is 9.53 Å². The monoisotopic (exact) mass is 344 g/mol. The third-order valence-corrected chi connectivity index (χ3v) is 5.27. The lowest BCUT2D eigenvalue weighted by atomic mass is 9.95. The molecule has 2 saturated heterocycles. The zero-order valence-electron chi connectivity index (χ0n) is 15.2. The number of carbonyl (C=O) groups is 2. The van der Waals surface area contributed by atoms with Crippen LogP contribution in [0.1, 0.15) is 48.5 Å². The molecule has 0 aromatic heterocycles. The van der Waals surface area contributed by atoms with Crippen LogP contribution in [0.2, 0.25) is 0 Å². The molecule has 5 nitrogen and oxygen atoms in total. The largest absolute Gasteiger partial charge is 0.376 e. The molecule has 1 N–H and O–H groups in total. The smallest absolute Gasteiger partial charge is 0.253 e. The van der Waals surface area contributed by atoms with E-state index in [-0.39, 0.29) is 29.9 Å². The molecule has 0 spiro atoms. The van der Waals surface area contributed by atoms with Crippen LogP contribution in [0.5, 0.6) is 0 Å². The van der Waals surface area contributed by atoms with Gasteiger partial charge in [-0.3, -0.25) is 9.59 Å². The van der Waals surface area contributed by atoms with E-state index in [1.165, 1.54) is 0 Å². The molecule has 25 heavy (non-hydrogen) atoms. The van der Waals surface area contributed by atoms with Crippen LogP contribution in [0.4, 0.5) is 0 Å². The Bertz CT molecular complexity index is 608. The van der Waals surface area contributed by atoms with E-state index < -0.39 is 0 Å². The summed E-state index contributed by atoms with van der Waals surface area (Å²) >= 11 is 0. The first-order chi connectivity index (χ1) is 12.0. The minimum atomic E-state index is -0.132. The SMILES string of the molecule is Cc1ccc(C(=O)N2CCCC(C(=O)NC(C)C3CCCO3)C2)cc1. The van der Waals surface area contributed by atoms with E-state index in [4.69, 9.17) is 4.74 Å². The summed E-state index contributed by atoms with van der Waals surface area (Å²) in [5.74, 6) is -0.0684. The molecule has 1 aromatic carbocycles. The van der Waals surface area contributed by atoms with Crippen molar-refractivity contribution in [3.05, 3.63) is 35.4 Å². The molecule has 2 amide bonds. The number of likely N-dealkylation sites (tertiary alicyclic amines) is 1. The van der Waals surface area contributed by atoms with Crippen molar-refractivity contribution in [1.82, 2.24) is 10.2 Å². The van der Waals surface area contributed by atoms with Crippen LogP contribution in [0.15, 0.2) is 24.3 Å². The summed E-state index contributed by atoms with van der Waals surface area (Å²) in [4.78, 5) is 27.1.